The smallest absolute Gasteiger partial charge is 0.213 e. The van der Waals surface area contributed by atoms with Crippen LogP contribution in [0.25, 0.3) is 0 Å². The van der Waals surface area contributed by atoms with E-state index < -0.39 is 11.5 Å². The summed E-state index contributed by atoms with van der Waals surface area (Å²) in [6.07, 6.45) is 3.52. The summed E-state index contributed by atoms with van der Waals surface area (Å²) in [6.45, 7) is 1.73. The van der Waals surface area contributed by atoms with Gasteiger partial charge in [0.25, 0.3) is 0 Å². The number of allylic oxidation sites excluding steroid dienone is 2. The highest BCUT2D eigenvalue weighted by molar-refractivity contribution is 14.1. The lowest BCUT2D eigenvalue weighted by molar-refractivity contribution is 0.369. The van der Waals surface area contributed by atoms with Gasteiger partial charge in [-0.3, -0.25) is 0 Å². The summed E-state index contributed by atoms with van der Waals surface area (Å²) in [5, 5.41) is -0.567. The van der Waals surface area contributed by atoms with E-state index in [4.69, 9.17) is 11.6 Å². The van der Waals surface area contributed by atoms with E-state index in [0.29, 0.717) is 0 Å². The predicted octanol–water partition coefficient (Wildman–Crippen LogP) is 5.03. The van der Waals surface area contributed by atoms with Crippen molar-refractivity contribution < 1.29 is 4.39 Å². The van der Waals surface area contributed by atoms with Gasteiger partial charge in [-0.2, -0.15) is 0 Å². The van der Waals surface area contributed by atoms with Crippen LogP contribution in [0.15, 0.2) is 60.7 Å². The molecule has 0 aliphatic heterocycles. The van der Waals surface area contributed by atoms with Gasteiger partial charge in [0.1, 0.15) is 6.17 Å². The van der Waals surface area contributed by atoms with E-state index in [-0.39, 0.29) is 6.71 Å². The lowest BCUT2D eigenvalue weighted by Crippen LogP contribution is -2.41. The zero-order chi connectivity index (χ0) is 16.8. The van der Waals surface area contributed by atoms with Crippen LogP contribution in [0.5, 0.6) is 0 Å². The van der Waals surface area contributed by atoms with E-state index >= 15 is 0 Å². The Morgan fingerprint density at radius 3 is 2.04 bits per heavy atom. The van der Waals surface area contributed by atoms with Gasteiger partial charge >= 0.3 is 0 Å². The molecule has 2 aromatic rings. The molecule has 0 N–H and O–H groups in total. The Kier molecular flexibility index (Phi) is 7.88. The Labute approximate surface area is 170 Å². The van der Waals surface area contributed by atoms with E-state index in [9.17, 15) is 4.39 Å². The van der Waals surface area contributed by atoms with Crippen LogP contribution >= 0.6 is 56.8 Å². The minimum absolute atomic E-state index is 0.245. The molecule has 2 rings (SSSR count). The van der Waals surface area contributed by atoms with Crippen LogP contribution < -0.4 is 10.9 Å². The van der Waals surface area contributed by atoms with Crippen LogP contribution in [0.3, 0.4) is 0 Å². The normalized spacial score (nSPS) is 14.0. The zero-order valence-electron chi connectivity index (χ0n) is 12.7. The number of halogens is 4. The van der Waals surface area contributed by atoms with Crippen molar-refractivity contribution in [3.8, 4) is 0 Å². The summed E-state index contributed by atoms with van der Waals surface area (Å²) in [5.74, 6) is 0. The number of alkyl halides is 2. The van der Waals surface area contributed by atoms with E-state index in [1.807, 2.05) is 6.08 Å². The molecular formula is C18H17BClFI2. The molecule has 2 aromatic carbocycles. The summed E-state index contributed by atoms with van der Waals surface area (Å²) in [4.78, 5) is 0. The molecule has 2 atom stereocenters. The van der Waals surface area contributed by atoms with E-state index in [1.165, 1.54) is 25.0 Å². The standard InChI is InChI=1S/C18H17BClFI2/c1-13(21)18(20)9-4-10-19(14-5-2-7-16(22)11-14)15-6-3-8-17(23)12-15/h2-9,11-13,18H,10H2,1H3. The molecular weight excluding hydrogens is 535 g/mol. The molecule has 0 aliphatic rings. The van der Waals surface area contributed by atoms with Crippen molar-refractivity contribution >= 4 is 74.4 Å². The van der Waals surface area contributed by atoms with Gasteiger partial charge in [0.05, 0.1) is 5.38 Å². The Morgan fingerprint density at radius 2 is 1.61 bits per heavy atom. The molecule has 0 radical (unpaired) electrons. The lowest BCUT2D eigenvalue weighted by atomic mass is 9.39. The third-order valence-corrected chi connectivity index (χ3v) is 5.47. The predicted molar refractivity (Wildman–Crippen MR) is 117 cm³/mol. The van der Waals surface area contributed by atoms with Gasteiger partial charge in [-0.25, -0.2) is 4.39 Å². The maximum Gasteiger partial charge on any atom is 0.213 e. The number of hydrogen-bond acceptors (Lipinski definition) is 0. The van der Waals surface area contributed by atoms with Gasteiger partial charge in [0, 0.05) is 7.14 Å². The first-order chi connectivity index (χ1) is 11.0. The average Bonchev–Trinajstić information content (AvgIpc) is 2.51. The highest BCUT2D eigenvalue weighted by Crippen LogP contribution is 2.11. The fourth-order valence-corrected chi connectivity index (χ4v) is 3.65. The third-order valence-electron chi connectivity index (χ3n) is 3.63. The van der Waals surface area contributed by atoms with Crippen LogP contribution in [-0.4, -0.2) is 18.3 Å². The summed E-state index contributed by atoms with van der Waals surface area (Å²) in [7, 11) is 0. The number of rotatable bonds is 6. The number of benzene rings is 2. The van der Waals surface area contributed by atoms with Crippen molar-refractivity contribution in [3.05, 3.63) is 67.8 Å². The molecule has 0 heterocycles. The highest BCUT2D eigenvalue weighted by atomic mass is 127. The molecule has 2 unspecified atom stereocenters. The molecule has 0 aromatic heterocycles. The molecule has 0 saturated heterocycles. The van der Waals surface area contributed by atoms with Crippen LogP contribution in [0.2, 0.25) is 6.32 Å². The zero-order valence-corrected chi connectivity index (χ0v) is 17.8. The minimum atomic E-state index is -1.04. The monoisotopic (exact) mass is 552 g/mol. The molecule has 120 valence electrons. The Balaban J connectivity index is 2.28. The second-order valence-electron chi connectivity index (χ2n) is 5.45. The summed E-state index contributed by atoms with van der Waals surface area (Å²) in [5.41, 5.74) is 2.53. The molecule has 0 aliphatic carbocycles. The van der Waals surface area contributed by atoms with E-state index in [1.54, 1.807) is 6.08 Å². The molecule has 5 heteroatoms. The lowest BCUT2D eigenvalue weighted by Gasteiger charge is -2.14. The molecule has 0 nitrogen and oxygen atoms in total. The van der Waals surface area contributed by atoms with Gasteiger partial charge in [-0.05, 0) is 70.6 Å². The van der Waals surface area contributed by atoms with Gasteiger partial charge in [-0.1, -0.05) is 59.5 Å². The van der Waals surface area contributed by atoms with Crippen molar-refractivity contribution in [1.82, 2.24) is 0 Å². The average molecular weight is 552 g/mol. The van der Waals surface area contributed by atoms with Crippen LogP contribution in [0.1, 0.15) is 6.92 Å². The SMILES string of the molecule is CC(F)C(Cl)C=CCB(c1cccc(I)c1)c1cccc(I)c1. The largest absolute Gasteiger partial charge is 0.246 e. The maximum atomic E-state index is 13.2. The van der Waals surface area contributed by atoms with Crippen LogP contribution in [0, 0.1) is 7.14 Å². The third kappa shape index (κ3) is 6.05. The first-order valence-corrected chi connectivity index (χ1v) is 10.0. The second-order valence-corrected chi connectivity index (χ2v) is 8.44. The molecule has 23 heavy (non-hydrogen) atoms. The second kappa shape index (κ2) is 9.42. The van der Waals surface area contributed by atoms with Crippen molar-refractivity contribution in [2.75, 3.05) is 0 Å². The van der Waals surface area contributed by atoms with Crippen LogP contribution in [0.4, 0.5) is 4.39 Å². The Morgan fingerprint density at radius 1 is 1.09 bits per heavy atom. The Hall–Kier alpha value is -0.0751. The first kappa shape index (κ1) is 19.3. The van der Waals surface area contributed by atoms with Crippen molar-refractivity contribution in [2.24, 2.45) is 0 Å². The first-order valence-electron chi connectivity index (χ1n) is 7.43. The van der Waals surface area contributed by atoms with E-state index in [0.717, 1.165) is 6.32 Å². The fraction of sp³-hybridized carbons (Fsp3) is 0.222. The van der Waals surface area contributed by atoms with Gasteiger partial charge in [0.2, 0.25) is 6.71 Å². The minimum Gasteiger partial charge on any atom is -0.246 e. The van der Waals surface area contributed by atoms with Gasteiger partial charge in [0.15, 0.2) is 0 Å². The quantitative estimate of drug-likeness (QED) is 0.204. The summed E-state index contributed by atoms with van der Waals surface area (Å²) < 4.78 is 15.6. The molecule has 0 spiro atoms. The van der Waals surface area contributed by atoms with Crippen molar-refractivity contribution in [3.63, 3.8) is 0 Å². The maximum absolute atomic E-state index is 13.2. The summed E-state index contributed by atoms with van der Waals surface area (Å²) in [6, 6.07) is 17.0. The van der Waals surface area contributed by atoms with Gasteiger partial charge in [-0.15, -0.1) is 11.6 Å². The molecule has 0 bridgehead atoms. The van der Waals surface area contributed by atoms with Crippen molar-refractivity contribution in [1.29, 1.82) is 0 Å². The fourth-order valence-electron chi connectivity index (χ4n) is 2.41. The van der Waals surface area contributed by atoms with Crippen LogP contribution in [-0.2, 0) is 0 Å². The summed E-state index contributed by atoms with van der Waals surface area (Å²) >= 11 is 10.6. The Bertz CT molecular complexity index is 630. The topological polar surface area (TPSA) is 0 Å². The highest BCUT2D eigenvalue weighted by Gasteiger charge is 2.18. The molecule has 0 saturated carbocycles. The molecule has 0 amide bonds. The van der Waals surface area contributed by atoms with Crippen molar-refractivity contribution in [2.45, 2.75) is 24.8 Å². The van der Waals surface area contributed by atoms with Gasteiger partial charge < -0.3 is 0 Å². The molecule has 0 fully saturated rings. The number of hydrogen-bond donors (Lipinski definition) is 0. The van der Waals surface area contributed by atoms with E-state index in [2.05, 4.69) is 93.7 Å².